The number of ether oxygens (including phenoxy) is 1. The highest BCUT2D eigenvalue weighted by Crippen LogP contribution is 2.62. The fraction of sp³-hybridized carbons (Fsp3) is 0.636. The summed E-state index contributed by atoms with van der Waals surface area (Å²) >= 11 is 0. The zero-order chi connectivity index (χ0) is 18.6. The first kappa shape index (κ1) is 17.7. The lowest BCUT2D eigenvalue weighted by Gasteiger charge is -2.59. The second-order valence-corrected chi connectivity index (χ2v) is 8.60. The van der Waals surface area contributed by atoms with Crippen molar-refractivity contribution in [3.63, 3.8) is 0 Å². The summed E-state index contributed by atoms with van der Waals surface area (Å²) < 4.78 is 6.66. The molecule has 27 heavy (non-hydrogen) atoms. The Kier molecular flexibility index (Phi) is 4.32. The molecule has 2 fully saturated rings. The van der Waals surface area contributed by atoms with Gasteiger partial charge >= 0.3 is 0 Å². The molecule has 5 nitrogen and oxygen atoms in total. The summed E-state index contributed by atoms with van der Waals surface area (Å²) in [6, 6.07) is 5.07. The number of piperidine rings is 1. The number of aliphatic hydroxyl groups excluding tert-OH is 2. The first-order valence-electron chi connectivity index (χ1n) is 10.4. The van der Waals surface area contributed by atoms with Crippen LogP contribution in [0.25, 0.3) is 0 Å². The summed E-state index contributed by atoms with van der Waals surface area (Å²) in [5.41, 5.74) is 3.77. The highest BCUT2D eigenvalue weighted by Gasteiger charge is 2.65. The van der Waals surface area contributed by atoms with Crippen LogP contribution in [0.5, 0.6) is 5.75 Å². The third kappa shape index (κ3) is 2.32. The van der Waals surface area contributed by atoms with E-state index in [2.05, 4.69) is 22.9 Å². The van der Waals surface area contributed by atoms with E-state index < -0.39 is 0 Å². The molecule has 5 rings (SSSR count). The summed E-state index contributed by atoms with van der Waals surface area (Å²) in [6.45, 7) is 6.77. The lowest BCUT2D eigenvalue weighted by atomic mass is 9.51. The van der Waals surface area contributed by atoms with Crippen LogP contribution in [0.1, 0.15) is 36.0 Å². The van der Waals surface area contributed by atoms with Gasteiger partial charge < -0.3 is 20.3 Å². The van der Waals surface area contributed by atoms with Gasteiger partial charge in [0.1, 0.15) is 11.9 Å². The van der Waals surface area contributed by atoms with Crippen LogP contribution in [0.4, 0.5) is 0 Å². The maximum absolute atomic E-state index is 9.90. The van der Waals surface area contributed by atoms with Gasteiger partial charge in [0.15, 0.2) is 0 Å². The molecule has 146 valence electrons. The smallest absolute Gasteiger partial charge is 0.129 e. The molecule has 2 aliphatic heterocycles. The van der Waals surface area contributed by atoms with E-state index in [0.717, 1.165) is 43.7 Å². The molecule has 1 aromatic rings. The van der Waals surface area contributed by atoms with Gasteiger partial charge in [-0.2, -0.15) is 0 Å². The lowest BCUT2D eigenvalue weighted by molar-refractivity contribution is -0.0619. The van der Waals surface area contributed by atoms with Crippen molar-refractivity contribution in [2.24, 2.45) is 5.92 Å². The van der Waals surface area contributed by atoms with E-state index in [0.29, 0.717) is 18.5 Å². The van der Waals surface area contributed by atoms with Crippen LogP contribution >= 0.6 is 0 Å². The summed E-state index contributed by atoms with van der Waals surface area (Å²) in [5, 5.41) is 22.8. The van der Waals surface area contributed by atoms with E-state index in [1.165, 1.54) is 17.5 Å². The van der Waals surface area contributed by atoms with Crippen molar-refractivity contribution in [2.75, 3.05) is 26.2 Å². The molecule has 1 saturated heterocycles. The van der Waals surface area contributed by atoms with Crippen molar-refractivity contribution in [3.8, 4) is 5.75 Å². The van der Waals surface area contributed by atoms with Gasteiger partial charge in [0.2, 0.25) is 0 Å². The van der Waals surface area contributed by atoms with Crippen LogP contribution in [0.15, 0.2) is 24.8 Å². The van der Waals surface area contributed by atoms with Crippen LogP contribution in [0, 0.1) is 5.92 Å². The van der Waals surface area contributed by atoms with Gasteiger partial charge in [-0.15, -0.1) is 6.58 Å². The quantitative estimate of drug-likeness (QED) is 0.660. The fourth-order valence-corrected chi connectivity index (χ4v) is 6.67. The molecule has 4 unspecified atom stereocenters. The molecule has 0 aromatic heterocycles. The number of hydrogen-bond donors (Lipinski definition) is 3. The Morgan fingerprint density at radius 2 is 2.22 bits per heavy atom. The highest BCUT2D eigenvalue weighted by atomic mass is 16.5. The fourth-order valence-electron chi connectivity index (χ4n) is 6.67. The van der Waals surface area contributed by atoms with E-state index in [1.807, 2.05) is 12.1 Å². The zero-order valence-corrected chi connectivity index (χ0v) is 15.9. The number of nitrogens with zero attached hydrogens (tertiary/aromatic N) is 1. The summed E-state index contributed by atoms with van der Waals surface area (Å²) in [7, 11) is 0. The number of nitrogens with one attached hydrogen (secondary N) is 1. The van der Waals surface area contributed by atoms with Crippen LogP contribution in [-0.4, -0.2) is 59.5 Å². The molecular formula is C22H30N2O3. The molecular weight excluding hydrogens is 340 g/mol. The molecule has 5 atom stereocenters. The normalized spacial score (nSPS) is 36.2. The van der Waals surface area contributed by atoms with E-state index in [-0.39, 0.29) is 30.8 Å². The first-order valence-corrected chi connectivity index (χ1v) is 10.4. The lowest BCUT2D eigenvalue weighted by Crippen LogP contribution is -2.68. The average molecular weight is 370 g/mol. The predicted molar refractivity (Wildman–Crippen MR) is 104 cm³/mol. The maximum Gasteiger partial charge on any atom is 0.129 e. The molecule has 0 radical (unpaired) electrons. The van der Waals surface area contributed by atoms with Crippen molar-refractivity contribution in [3.05, 3.63) is 41.5 Å². The third-order valence-electron chi connectivity index (χ3n) is 7.59. The molecule has 1 spiro atoms. The highest BCUT2D eigenvalue weighted by molar-refractivity contribution is 5.58. The van der Waals surface area contributed by atoms with Gasteiger partial charge in [-0.05, 0) is 43.7 Å². The van der Waals surface area contributed by atoms with Gasteiger partial charge in [0.05, 0.1) is 13.2 Å². The molecule has 1 saturated carbocycles. The number of likely N-dealkylation sites (tertiary alicyclic amines) is 1. The average Bonchev–Trinajstić information content (AvgIpc) is 3.03. The Hall–Kier alpha value is -1.40. The second-order valence-electron chi connectivity index (χ2n) is 8.60. The molecule has 1 aromatic carbocycles. The van der Waals surface area contributed by atoms with Crippen molar-refractivity contribution in [1.29, 1.82) is 0 Å². The van der Waals surface area contributed by atoms with Gasteiger partial charge in [-0.1, -0.05) is 18.2 Å². The van der Waals surface area contributed by atoms with E-state index >= 15 is 0 Å². The summed E-state index contributed by atoms with van der Waals surface area (Å²) in [6.07, 6.45) is 6.55. The molecule has 2 heterocycles. The number of benzene rings is 1. The molecule has 4 aliphatic rings. The SMILES string of the molecule is C=CCN1CC[C@@]23c4c5ccc(CO)c4OC2C(NCCO)CCC3C1C5. The van der Waals surface area contributed by atoms with Crippen molar-refractivity contribution < 1.29 is 14.9 Å². The van der Waals surface area contributed by atoms with Crippen LogP contribution in [-0.2, 0) is 18.4 Å². The Morgan fingerprint density at radius 3 is 3.00 bits per heavy atom. The molecule has 0 amide bonds. The van der Waals surface area contributed by atoms with Gasteiger partial charge in [-0.3, -0.25) is 4.90 Å². The zero-order valence-electron chi connectivity index (χ0n) is 15.9. The van der Waals surface area contributed by atoms with Crippen LogP contribution < -0.4 is 10.1 Å². The standard InChI is InChI=1S/C22H30N2O3/c1-2-9-24-10-7-22-16-5-6-17(23-8-11-25)21(22)27-20-15(13-26)4-3-14(19(20)22)12-18(16)24/h2-4,16-18,21,23,25-26H,1,5-13H2/t16?,17?,18?,21?,22-/m1/s1. The van der Waals surface area contributed by atoms with Gasteiger partial charge in [-0.25, -0.2) is 0 Å². The summed E-state index contributed by atoms with van der Waals surface area (Å²) in [4.78, 5) is 2.61. The third-order valence-corrected chi connectivity index (χ3v) is 7.59. The molecule has 2 bridgehead atoms. The minimum absolute atomic E-state index is 0.0246. The van der Waals surface area contributed by atoms with Crippen LogP contribution in [0.3, 0.4) is 0 Å². The van der Waals surface area contributed by atoms with E-state index in [9.17, 15) is 10.2 Å². The van der Waals surface area contributed by atoms with Crippen molar-refractivity contribution in [2.45, 2.75) is 55.9 Å². The Balaban J connectivity index is 1.64. The largest absolute Gasteiger partial charge is 0.487 e. The molecule has 2 aliphatic carbocycles. The van der Waals surface area contributed by atoms with Gasteiger partial charge in [0.25, 0.3) is 0 Å². The van der Waals surface area contributed by atoms with Gasteiger partial charge in [0, 0.05) is 41.7 Å². The Bertz CT molecular complexity index is 751. The van der Waals surface area contributed by atoms with Crippen molar-refractivity contribution >= 4 is 0 Å². The Labute approximate surface area is 161 Å². The summed E-state index contributed by atoms with van der Waals surface area (Å²) in [5.74, 6) is 1.55. The number of hydrogen-bond acceptors (Lipinski definition) is 5. The molecule has 5 heteroatoms. The first-order chi connectivity index (χ1) is 13.2. The van der Waals surface area contributed by atoms with Crippen molar-refractivity contribution in [1.82, 2.24) is 10.2 Å². The minimum Gasteiger partial charge on any atom is -0.487 e. The van der Waals surface area contributed by atoms with E-state index in [4.69, 9.17) is 4.74 Å². The maximum atomic E-state index is 9.90. The predicted octanol–water partition coefficient (Wildman–Crippen LogP) is 1.35. The monoisotopic (exact) mass is 370 g/mol. The topological polar surface area (TPSA) is 65.0 Å². The second kappa shape index (κ2) is 6.59. The number of rotatable bonds is 6. The minimum atomic E-state index is 0.0246. The van der Waals surface area contributed by atoms with E-state index in [1.54, 1.807) is 0 Å². The molecule has 3 N–H and O–H groups in total. The van der Waals surface area contributed by atoms with Crippen LogP contribution in [0.2, 0.25) is 0 Å². The Morgan fingerprint density at radius 1 is 1.33 bits per heavy atom. The number of aliphatic hydroxyl groups is 2.